The number of amides is 1. The average Bonchev–Trinajstić information content (AvgIpc) is 0.797. The minimum atomic E-state index is -1.78. The number of hydrogen-bond acceptors (Lipinski definition) is 13. The summed E-state index contributed by atoms with van der Waals surface area (Å²) < 4.78 is 23.0. The van der Waals surface area contributed by atoms with Crippen molar-refractivity contribution < 1.29 is 64.6 Å². The maximum absolute atomic E-state index is 13.4. The number of aliphatic hydroxyl groups excluding tert-OH is 8. The zero-order valence-corrected chi connectivity index (χ0v) is 63.8. The molecule has 0 spiro atoms. The van der Waals surface area contributed by atoms with Crippen LogP contribution in [0.5, 0.6) is 0 Å². The Balaban J connectivity index is 1.57. The van der Waals surface area contributed by atoms with Crippen LogP contribution >= 0.6 is 0 Å². The first kappa shape index (κ1) is 92.6. The van der Waals surface area contributed by atoms with Crippen LogP contribution in [0, 0.1) is 0 Å². The van der Waals surface area contributed by atoms with Gasteiger partial charge in [-0.15, -0.1) is 0 Å². The standard InChI is InChI=1S/C84H161NO13/c1-3-5-7-9-11-13-15-17-19-21-23-25-27-29-31-33-34-35-36-37-38-40-42-44-46-48-50-52-54-56-58-60-62-64-66-68-76(89)85-72(71-95-83-81(94)79(92)82(75(70-87)97-83)98-84-80(93)78(91)77(90)74(69-86)96-84)73(88)67-65-63-61-59-57-55-53-51-49-47-45-43-41-39-32-30-28-26-24-22-20-18-16-14-12-10-8-6-4-2/h15,17,21,23,72-75,77-84,86-88,90-94H,3-14,16,18-20,22,24-71H2,1-2H3,(H,85,89)/b17-15-,23-21-. The fourth-order valence-electron chi connectivity index (χ4n) is 14.5. The van der Waals surface area contributed by atoms with Crippen molar-refractivity contribution in [1.82, 2.24) is 5.32 Å². The highest BCUT2D eigenvalue weighted by atomic mass is 16.7. The van der Waals surface area contributed by atoms with Crippen molar-refractivity contribution >= 4 is 5.91 Å². The van der Waals surface area contributed by atoms with Crippen LogP contribution in [-0.4, -0.2) is 140 Å². The molecular formula is C84H161NO13. The number of unbranched alkanes of at least 4 members (excludes halogenated alkanes) is 56. The van der Waals surface area contributed by atoms with Gasteiger partial charge in [0.05, 0.1) is 32.0 Å². The van der Waals surface area contributed by atoms with Crippen molar-refractivity contribution in [2.45, 2.75) is 485 Å². The topological polar surface area (TPSA) is 228 Å². The van der Waals surface area contributed by atoms with E-state index in [1.165, 1.54) is 327 Å². The van der Waals surface area contributed by atoms with Crippen LogP contribution in [0.1, 0.15) is 412 Å². The molecule has 14 nitrogen and oxygen atoms in total. The largest absolute Gasteiger partial charge is 0.394 e. The Morgan fingerprint density at radius 2 is 0.673 bits per heavy atom. The van der Waals surface area contributed by atoms with Crippen molar-refractivity contribution in [3.63, 3.8) is 0 Å². The summed E-state index contributed by atoms with van der Waals surface area (Å²) >= 11 is 0. The second-order valence-electron chi connectivity index (χ2n) is 30.3. The Labute approximate surface area is 602 Å². The quantitative estimate of drug-likeness (QED) is 0.0204. The molecule has 9 N–H and O–H groups in total. The minimum Gasteiger partial charge on any atom is -0.394 e. The Morgan fingerprint density at radius 3 is 1.02 bits per heavy atom. The number of carbonyl (C=O) groups excluding carboxylic acids is 1. The number of carbonyl (C=O) groups is 1. The monoisotopic (exact) mass is 1390 g/mol. The second kappa shape index (κ2) is 68.6. The van der Waals surface area contributed by atoms with Crippen molar-refractivity contribution in [1.29, 1.82) is 0 Å². The fourth-order valence-corrected chi connectivity index (χ4v) is 14.5. The van der Waals surface area contributed by atoms with Gasteiger partial charge < -0.3 is 65.1 Å². The number of allylic oxidation sites excluding steroid dienone is 4. The Hall–Kier alpha value is -1.53. The summed E-state index contributed by atoms with van der Waals surface area (Å²) in [5, 5.41) is 88.0. The first-order chi connectivity index (χ1) is 48.1. The van der Waals surface area contributed by atoms with Crippen LogP contribution in [0.25, 0.3) is 0 Å². The Kier molecular flexibility index (Phi) is 64.8. The maximum Gasteiger partial charge on any atom is 0.220 e. The lowest BCUT2D eigenvalue weighted by Crippen LogP contribution is -2.65. The molecule has 2 aliphatic rings. The molecular weight excluding hydrogens is 1230 g/mol. The first-order valence-corrected chi connectivity index (χ1v) is 42.6. The molecule has 0 aromatic heterocycles. The zero-order chi connectivity index (χ0) is 70.8. The van der Waals surface area contributed by atoms with Crippen molar-refractivity contribution in [3.05, 3.63) is 24.3 Å². The van der Waals surface area contributed by atoms with Gasteiger partial charge in [-0.1, -0.05) is 385 Å². The summed E-state index contributed by atoms with van der Waals surface area (Å²) in [5.74, 6) is -0.196. The normalized spacial score (nSPS) is 22.1. The van der Waals surface area contributed by atoms with E-state index in [9.17, 15) is 45.6 Å². The zero-order valence-electron chi connectivity index (χ0n) is 63.8. The number of nitrogens with one attached hydrogen (secondary N) is 1. The number of ether oxygens (including phenoxy) is 4. The summed E-state index contributed by atoms with van der Waals surface area (Å²) in [7, 11) is 0. The van der Waals surface area contributed by atoms with E-state index in [4.69, 9.17) is 18.9 Å². The third kappa shape index (κ3) is 50.8. The minimum absolute atomic E-state index is 0.196. The summed E-state index contributed by atoms with van der Waals surface area (Å²) in [5.41, 5.74) is 0. The van der Waals surface area contributed by atoms with Gasteiger partial charge in [0.1, 0.15) is 48.8 Å². The number of aliphatic hydroxyl groups is 8. The van der Waals surface area contributed by atoms with E-state index in [-0.39, 0.29) is 12.5 Å². The molecule has 1 amide bonds. The highest BCUT2D eigenvalue weighted by Gasteiger charge is 2.51. The third-order valence-corrected chi connectivity index (χ3v) is 21.2. The molecule has 0 radical (unpaired) electrons. The van der Waals surface area contributed by atoms with Gasteiger partial charge >= 0.3 is 0 Å². The lowest BCUT2D eigenvalue weighted by molar-refractivity contribution is -0.359. The van der Waals surface area contributed by atoms with Crippen LogP contribution in [0.4, 0.5) is 0 Å². The molecule has 12 unspecified atom stereocenters. The van der Waals surface area contributed by atoms with E-state index < -0.39 is 86.8 Å². The Morgan fingerprint density at radius 1 is 0.367 bits per heavy atom. The summed E-state index contributed by atoms with van der Waals surface area (Å²) in [6.45, 7) is 2.93. The molecule has 2 fully saturated rings. The van der Waals surface area contributed by atoms with E-state index in [1.54, 1.807) is 0 Å². The molecule has 98 heavy (non-hydrogen) atoms. The molecule has 0 saturated carbocycles. The van der Waals surface area contributed by atoms with Gasteiger partial charge in [0.25, 0.3) is 0 Å². The molecule has 2 heterocycles. The van der Waals surface area contributed by atoms with Crippen LogP contribution in [0.3, 0.4) is 0 Å². The van der Waals surface area contributed by atoms with Crippen LogP contribution in [-0.2, 0) is 23.7 Å². The van der Waals surface area contributed by atoms with E-state index in [0.29, 0.717) is 12.8 Å². The Bertz CT molecular complexity index is 1740. The molecule has 2 aliphatic heterocycles. The smallest absolute Gasteiger partial charge is 0.220 e. The van der Waals surface area contributed by atoms with Gasteiger partial charge in [-0.3, -0.25) is 4.79 Å². The first-order valence-electron chi connectivity index (χ1n) is 42.6. The van der Waals surface area contributed by atoms with Gasteiger partial charge in [-0.2, -0.15) is 0 Å². The van der Waals surface area contributed by atoms with E-state index in [0.717, 1.165) is 57.8 Å². The van der Waals surface area contributed by atoms with Gasteiger partial charge in [-0.05, 0) is 44.9 Å². The molecule has 0 bridgehead atoms. The van der Waals surface area contributed by atoms with E-state index in [2.05, 4.69) is 43.5 Å². The van der Waals surface area contributed by atoms with Crippen molar-refractivity contribution in [2.75, 3.05) is 19.8 Å². The second-order valence-corrected chi connectivity index (χ2v) is 30.3. The molecule has 14 heteroatoms. The van der Waals surface area contributed by atoms with Gasteiger partial charge in [-0.25, -0.2) is 0 Å². The molecule has 0 aromatic rings. The molecule has 580 valence electrons. The third-order valence-electron chi connectivity index (χ3n) is 21.2. The predicted molar refractivity (Wildman–Crippen MR) is 406 cm³/mol. The van der Waals surface area contributed by atoms with Gasteiger partial charge in [0.2, 0.25) is 5.91 Å². The maximum atomic E-state index is 13.4. The van der Waals surface area contributed by atoms with Crippen molar-refractivity contribution in [3.8, 4) is 0 Å². The number of rotatable bonds is 73. The molecule has 12 atom stereocenters. The van der Waals surface area contributed by atoms with E-state index in [1.807, 2.05) is 0 Å². The van der Waals surface area contributed by atoms with Crippen molar-refractivity contribution in [2.24, 2.45) is 0 Å². The molecule has 0 aliphatic carbocycles. The predicted octanol–water partition coefficient (Wildman–Crippen LogP) is 19.8. The fraction of sp³-hybridized carbons (Fsp3) is 0.940. The average molecular weight is 1390 g/mol. The SMILES string of the molecule is CCCCCCC/C=C\C/C=C\CCCCCCCCCCCCCCCCCCCCCCCCCC(=O)NC(COC1OC(CO)C(OC2OC(CO)C(O)C(O)C2O)C(O)C1O)C(O)CCCCCCCCCCCCCCCCCCCCCCCCCCCCCCC. The van der Waals surface area contributed by atoms with Crippen LogP contribution in [0.15, 0.2) is 24.3 Å². The van der Waals surface area contributed by atoms with E-state index >= 15 is 0 Å². The van der Waals surface area contributed by atoms with Gasteiger partial charge in [0, 0.05) is 6.42 Å². The highest BCUT2D eigenvalue weighted by molar-refractivity contribution is 5.76. The lowest BCUT2D eigenvalue weighted by atomic mass is 9.97. The van der Waals surface area contributed by atoms with Gasteiger partial charge in [0.15, 0.2) is 12.6 Å². The van der Waals surface area contributed by atoms with Crippen LogP contribution < -0.4 is 5.32 Å². The summed E-state index contributed by atoms with van der Waals surface area (Å²) in [6.07, 6.45) is 72.4. The number of hydrogen-bond donors (Lipinski definition) is 9. The molecule has 2 saturated heterocycles. The molecule has 0 aromatic carbocycles. The van der Waals surface area contributed by atoms with Crippen LogP contribution in [0.2, 0.25) is 0 Å². The lowest BCUT2D eigenvalue weighted by Gasteiger charge is -2.46. The molecule has 2 rings (SSSR count). The summed E-state index contributed by atoms with van der Waals surface area (Å²) in [6, 6.07) is -0.828. The highest BCUT2D eigenvalue weighted by Crippen LogP contribution is 2.31. The summed E-state index contributed by atoms with van der Waals surface area (Å²) in [4.78, 5) is 13.4.